The lowest BCUT2D eigenvalue weighted by Gasteiger charge is -2.12. The Labute approximate surface area is 118 Å². The molecule has 2 rings (SSSR count). The zero-order valence-electron chi connectivity index (χ0n) is 11.6. The van der Waals surface area contributed by atoms with Crippen LogP contribution < -0.4 is 4.74 Å². The predicted molar refractivity (Wildman–Crippen MR) is 75.4 cm³/mol. The monoisotopic (exact) mass is 277 g/mol. The molecule has 1 aliphatic heterocycles. The van der Waals surface area contributed by atoms with Gasteiger partial charge < -0.3 is 19.8 Å². The Morgan fingerprint density at radius 3 is 2.60 bits per heavy atom. The van der Waals surface area contributed by atoms with E-state index in [1.165, 1.54) is 11.0 Å². The molecule has 0 bridgehead atoms. The van der Waals surface area contributed by atoms with E-state index in [0.29, 0.717) is 5.75 Å². The lowest BCUT2D eigenvalue weighted by Crippen LogP contribution is -2.27. The quantitative estimate of drug-likeness (QED) is 0.793. The molecule has 1 heterocycles. The van der Waals surface area contributed by atoms with Gasteiger partial charge >= 0.3 is 0 Å². The maximum atomic E-state index is 12.0. The van der Waals surface area contributed by atoms with Gasteiger partial charge in [-0.05, 0) is 25.1 Å². The number of hydrogen-bond acceptors (Lipinski definition) is 4. The highest BCUT2D eigenvalue weighted by Crippen LogP contribution is 2.21. The summed E-state index contributed by atoms with van der Waals surface area (Å²) in [7, 11) is 1.58. The Morgan fingerprint density at radius 2 is 2.00 bits per heavy atom. The summed E-state index contributed by atoms with van der Waals surface area (Å²) in [6.45, 7) is 2.29. The first kappa shape index (κ1) is 14.6. The molecule has 5 heteroatoms. The standard InChI is InChI=1S/C15H19NO4/c1-10-3-5-14(20-2)11(7-10)4-6-15(19)16-8-12(17)13(18)9-16/h3-7,12-13,17-18H,8-9H2,1-2H3/t12-,13+. The van der Waals surface area contributed by atoms with Crippen LogP contribution in [0.3, 0.4) is 0 Å². The van der Waals surface area contributed by atoms with E-state index in [2.05, 4.69) is 0 Å². The number of aryl methyl sites for hydroxylation is 1. The van der Waals surface area contributed by atoms with E-state index in [1.807, 2.05) is 25.1 Å². The fraction of sp³-hybridized carbons (Fsp3) is 0.400. The second kappa shape index (κ2) is 6.07. The normalized spacial score (nSPS) is 22.5. The van der Waals surface area contributed by atoms with Gasteiger partial charge in [-0.1, -0.05) is 11.6 Å². The Bertz CT molecular complexity index is 517. The van der Waals surface area contributed by atoms with Crippen LogP contribution in [0.1, 0.15) is 11.1 Å². The number of benzene rings is 1. The van der Waals surface area contributed by atoms with Crippen LogP contribution in [0.25, 0.3) is 6.08 Å². The number of likely N-dealkylation sites (tertiary alicyclic amines) is 1. The molecule has 1 aromatic carbocycles. The second-order valence-electron chi connectivity index (χ2n) is 4.96. The van der Waals surface area contributed by atoms with Crippen LogP contribution >= 0.6 is 0 Å². The first-order chi connectivity index (χ1) is 9.51. The van der Waals surface area contributed by atoms with E-state index < -0.39 is 12.2 Å². The minimum Gasteiger partial charge on any atom is -0.496 e. The summed E-state index contributed by atoms with van der Waals surface area (Å²) in [5, 5.41) is 18.9. The average molecular weight is 277 g/mol. The first-order valence-electron chi connectivity index (χ1n) is 6.49. The topological polar surface area (TPSA) is 70.0 Å². The molecule has 0 aromatic heterocycles. The molecule has 20 heavy (non-hydrogen) atoms. The van der Waals surface area contributed by atoms with Crippen LogP contribution in [-0.2, 0) is 4.79 Å². The minimum absolute atomic E-state index is 0.162. The van der Waals surface area contributed by atoms with E-state index in [0.717, 1.165) is 11.1 Å². The Kier molecular flexibility index (Phi) is 4.42. The molecule has 1 amide bonds. The molecule has 0 spiro atoms. The number of ether oxygens (including phenoxy) is 1. The molecule has 5 nitrogen and oxygen atoms in total. The number of aliphatic hydroxyl groups excluding tert-OH is 2. The van der Waals surface area contributed by atoms with Gasteiger partial charge in [-0.3, -0.25) is 4.79 Å². The molecule has 0 unspecified atom stereocenters. The van der Waals surface area contributed by atoms with Crippen molar-refractivity contribution < 1.29 is 19.7 Å². The van der Waals surface area contributed by atoms with Crippen LogP contribution in [0.4, 0.5) is 0 Å². The molecule has 2 N–H and O–H groups in total. The number of β-amino-alcohol motifs (C(OH)–C–C–N with tert-alkyl or cyclic N) is 2. The van der Waals surface area contributed by atoms with E-state index in [-0.39, 0.29) is 19.0 Å². The number of carbonyl (C=O) groups is 1. The Balaban J connectivity index is 2.09. The highest BCUT2D eigenvalue weighted by Gasteiger charge is 2.31. The SMILES string of the molecule is COc1ccc(C)cc1C=CC(=O)N1C[C@@H](O)[C@@H](O)C1. The maximum Gasteiger partial charge on any atom is 0.246 e. The molecule has 1 aliphatic rings. The number of amides is 1. The summed E-state index contributed by atoms with van der Waals surface area (Å²) in [5.41, 5.74) is 1.89. The van der Waals surface area contributed by atoms with Gasteiger partial charge in [-0.15, -0.1) is 0 Å². The van der Waals surface area contributed by atoms with Crippen LogP contribution in [0, 0.1) is 6.92 Å². The van der Waals surface area contributed by atoms with E-state index in [1.54, 1.807) is 13.2 Å². The molecular weight excluding hydrogens is 258 g/mol. The van der Waals surface area contributed by atoms with E-state index in [4.69, 9.17) is 4.74 Å². The van der Waals surface area contributed by atoms with Crippen molar-refractivity contribution in [2.75, 3.05) is 20.2 Å². The van der Waals surface area contributed by atoms with Crippen LogP contribution in [0.2, 0.25) is 0 Å². The van der Waals surface area contributed by atoms with Crippen LogP contribution in [-0.4, -0.2) is 53.4 Å². The smallest absolute Gasteiger partial charge is 0.246 e. The van der Waals surface area contributed by atoms with Gasteiger partial charge in [0.1, 0.15) is 5.75 Å². The molecule has 1 saturated heterocycles. The van der Waals surface area contributed by atoms with Crippen LogP contribution in [0.15, 0.2) is 24.3 Å². The summed E-state index contributed by atoms with van der Waals surface area (Å²) in [4.78, 5) is 13.4. The predicted octanol–water partition coefficient (Wildman–Crippen LogP) is 0.581. The molecule has 0 radical (unpaired) electrons. The fourth-order valence-electron chi connectivity index (χ4n) is 2.20. The number of carbonyl (C=O) groups excluding carboxylic acids is 1. The molecule has 2 atom stereocenters. The van der Waals surface area contributed by atoms with Crippen molar-refractivity contribution >= 4 is 12.0 Å². The molecule has 108 valence electrons. The maximum absolute atomic E-state index is 12.0. The molecule has 0 saturated carbocycles. The summed E-state index contributed by atoms with van der Waals surface area (Å²) in [5.74, 6) is 0.463. The second-order valence-corrected chi connectivity index (χ2v) is 4.96. The number of rotatable bonds is 3. The lowest BCUT2D eigenvalue weighted by molar-refractivity contribution is -0.125. The van der Waals surface area contributed by atoms with Crippen molar-refractivity contribution in [3.8, 4) is 5.75 Å². The van der Waals surface area contributed by atoms with Crippen molar-refractivity contribution in [3.63, 3.8) is 0 Å². The molecular formula is C15H19NO4. The van der Waals surface area contributed by atoms with Crippen molar-refractivity contribution in [3.05, 3.63) is 35.4 Å². The van der Waals surface area contributed by atoms with Crippen molar-refractivity contribution in [1.29, 1.82) is 0 Å². The third-order valence-corrected chi connectivity index (χ3v) is 3.36. The average Bonchev–Trinajstić information content (AvgIpc) is 2.76. The van der Waals surface area contributed by atoms with Gasteiger partial charge in [-0.25, -0.2) is 0 Å². The summed E-state index contributed by atoms with van der Waals surface area (Å²) < 4.78 is 5.24. The highest BCUT2D eigenvalue weighted by molar-refractivity contribution is 5.92. The molecule has 0 aliphatic carbocycles. The number of aliphatic hydroxyl groups is 2. The number of methoxy groups -OCH3 is 1. The van der Waals surface area contributed by atoms with Crippen molar-refractivity contribution in [2.24, 2.45) is 0 Å². The van der Waals surface area contributed by atoms with Gasteiger partial charge in [0.25, 0.3) is 0 Å². The zero-order chi connectivity index (χ0) is 14.7. The third-order valence-electron chi connectivity index (χ3n) is 3.36. The summed E-state index contributed by atoms with van der Waals surface area (Å²) in [6, 6.07) is 5.71. The third kappa shape index (κ3) is 3.18. The highest BCUT2D eigenvalue weighted by atomic mass is 16.5. The fourth-order valence-corrected chi connectivity index (χ4v) is 2.20. The Morgan fingerprint density at radius 1 is 1.35 bits per heavy atom. The van der Waals surface area contributed by atoms with E-state index >= 15 is 0 Å². The largest absolute Gasteiger partial charge is 0.496 e. The van der Waals surface area contributed by atoms with Gasteiger partial charge in [0, 0.05) is 24.7 Å². The van der Waals surface area contributed by atoms with Crippen molar-refractivity contribution in [2.45, 2.75) is 19.1 Å². The number of nitrogens with zero attached hydrogens (tertiary/aromatic N) is 1. The van der Waals surface area contributed by atoms with Gasteiger partial charge in [0.2, 0.25) is 5.91 Å². The summed E-state index contributed by atoms with van der Waals surface area (Å²) in [6.07, 6.45) is 1.40. The summed E-state index contributed by atoms with van der Waals surface area (Å²) >= 11 is 0. The minimum atomic E-state index is -0.860. The molecule has 1 fully saturated rings. The van der Waals surface area contributed by atoms with Gasteiger partial charge in [0.05, 0.1) is 19.3 Å². The molecule has 1 aromatic rings. The van der Waals surface area contributed by atoms with Gasteiger partial charge in [0.15, 0.2) is 0 Å². The van der Waals surface area contributed by atoms with E-state index in [9.17, 15) is 15.0 Å². The van der Waals surface area contributed by atoms with Gasteiger partial charge in [-0.2, -0.15) is 0 Å². The first-order valence-corrected chi connectivity index (χ1v) is 6.49. The Hall–Kier alpha value is -1.85. The van der Waals surface area contributed by atoms with Crippen molar-refractivity contribution in [1.82, 2.24) is 4.90 Å². The zero-order valence-corrected chi connectivity index (χ0v) is 11.6. The number of hydrogen-bond donors (Lipinski definition) is 2. The lowest BCUT2D eigenvalue weighted by atomic mass is 10.1. The van der Waals surface area contributed by atoms with Crippen LogP contribution in [0.5, 0.6) is 5.75 Å².